The van der Waals surface area contributed by atoms with E-state index in [1.54, 1.807) is 0 Å². The van der Waals surface area contributed by atoms with Crippen LogP contribution in [0.15, 0.2) is 41.6 Å². The first-order valence-corrected chi connectivity index (χ1v) is 7.29. The Balaban J connectivity index is 1.87. The largest absolute Gasteiger partial charge is 0.276 e. The zero-order valence-electron chi connectivity index (χ0n) is 11.3. The van der Waals surface area contributed by atoms with Crippen molar-refractivity contribution in [3.05, 3.63) is 47.8 Å². The molecule has 2 aromatic rings. The minimum Gasteiger partial charge on any atom is -0.276 e. The standard InChI is InChI=1S/C14H20N4S/c1-11-3-5-14(6-4-11)19-10-13(17-15)7-12-8-16-18(2)9-12/h3-6,8-9,13,17H,7,10,15H2,1-2H3. The Morgan fingerprint density at radius 1 is 1.37 bits per heavy atom. The van der Waals surface area contributed by atoms with Crippen LogP contribution in [0.2, 0.25) is 0 Å². The van der Waals surface area contributed by atoms with Crippen molar-refractivity contribution in [2.45, 2.75) is 24.3 Å². The molecule has 0 fully saturated rings. The van der Waals surface area contributed by atoms with Gasteiger partial charge in [0.1, 0.15) is 0 Å². The Bertz CT molecular complexity index is 506. The van der Waals surface area contributed by atoms with Crippen LogP contribution < -0.4 is 11.3 Å². The Kier molecular flexibility index (Phi) is 5.01. The summed E-state index contributed by atoms with van der Waals surface area (Å²) in [5.74, 6) is 6.56. The van der Waals surface area contributed by atoms with E-state index in [4.69, 9.17) is 5.84 Å². The first-order chi connectivity index (χ1) is 9.17. The average Bonchev–Trinajstić information content (AvgIpc) is 2.82. The van der Waals surface area contributed by atoms with Crippen molar-refractivity contribution in [1.29, 1.82) is 0 Å². The van der Waals surface area contributed by atoms with E-state index in [1.807, 2.05) is 35.9 Å². The first-order valence-electron chi connectivity index (χ1n) is 6.30. The number of thioether (sulfide) groups is 1. The lowest BCUT2D eigenvalue weighted by atomic mass is 10.1. The van der Waals surface area contributed by atoms with Crippen molar-refractivity contribution < 1.29 is 0 Å². The van der Waals surface area contributed by atoms with Crippen molar-refractivity contribution in [3.8, 4) is 0 Å². The van der Waals surface area contributed by atoms with E-state index in [0.717, 1.165) is 12.2 Å². The highest BCUT2D eigenvalue weighted by molar-refractivity contribution is 7.99. The molecule has 0 saturated carbocycles. The summed E-state index contributed by atoms with van der Waals surface area (Å²) in [6.07, 6.45) is 4.81. The Labute approximate surface area is 118 Å². The molecule has 0 aliphatic rings. The minimum atomic E-state index is 0.246. The number of hydrogen-bond acceptors (Lipinski definition) is 4. The summed E-state index contributed by atoms with van der Waals surface area (Å²) in [6, 6.07) is 8.81. The van der Waals surface area contributed by atoms with Gasteiger partial charge in [0.05, 0.1) is 6.20 Å². The maximum absolute atomic E-state index is 5.63. The third-order valence-electron chi connectivity index (χ3n) is 2.95. The number of nitrogens with one attached hydrogen (secondary N) is 1. The fourth-order valence-corrected chi connectivity index (χ4v) is 2.80. The molecule has 0 spiro atoms. The first kappa shape index (κ1) is 14.1. The van der Waals surface area contributed by atoms with Gasteiger partial charge in [0.15, 0.2) is 0 Å². The molecule has 0 aliphatic heterocycles. The SMILES string of the molecule is Cc1ccc(SCC(Cc2cnn(C)c2)NN)cc1. The second kappa shape index (κ2) is 6.75. The van der Waals surface area contributed by atoms with Crippen molar-refractivity contribution >= 4 is 11.8 Å². The van der Waals surface area contributed by atoms with Gasteiger partial charge < -0.3 is 0 Å². The summed E-state index contributed by atoms with van der Waals surface area (Å²) in [4.78, 5) is 1.28. The van der Waals surface area contributed by atoms with Crippen LogP contribution >= 0.6 is 11.8 Å². The van der Waals surface area contributed by atoms with Crippen molar-refractivity contribution in [2.75, 3.05) is 5.75 Å². The summed E-state index contributed by atoms with van der Waals surface area (Å²) in [7, 11) is 1.93. The van der Waals surface area contributed by atoms with E-state index in [0.29, 0.717) is 0 Å². The molecular formula is C14H20N4S. The summed E-state index contributed by atoms with van der Waals surface area (Å²) >= 11 is 1.82. The van der Waals surface area contributed by atoms with E-state index < -0.39 is 0 Å². The number of hydrazine groups is 1. The van der Waals surface area contributed by atoms with Crippen LogP contribution in [0.4, 0.5) is 0 Å². The fraction of sp³-hybridized carbons (Fsp3) is 0.357. The van der Waals surface area contributed by atoms with Gasteiger partial charge in [-0.25, -0.2) is 0 Å². The Hall–Kier alpha value is -1.30. The van der Waals surface area contributed by atoms with Crippen molar-refractivity contribution in [2.24, 2.45) is 12.9 Å². The molecular weight excluding hydrogens is 256 g/mol. The van der Waals surface area contributed by atoms with Crippen LogP contribution in [0.3, 0.4) is 0 Å². The lowest BCUT2D eigenvalue weighted by Gasteiger charge is -2.14. The fourth-order valence-electron chi connectivity index (χ4n) is 1.86. The second-order valence-corrected chi connectivity index (χ2v) is 5.81. The molecule has 102 valence electrons. The van der Waals surface area contributed by atoms with Gasteiger partial charge in [-0.2, -0.15) is 5.10 Å². The predicted molar refractivity (Wildman–Crippen MR) is 79.9 cm³/mol. The quantitative estimate of drug-likeness (QED) is 0.481. The number of nitrogens with zero attached hydrogens (tertiary/aromatic N) is 2. The highest BCUT2D eigenvalue weighted by Crippen LogP contribution is 2.20. The topological polar surface area (TPSA) is 55.9 Å². The van der Waals surface area contributed by atoms with Gasteiger partial charge in [-0.3, -0.25) is 16.0 Å². The zero-order chi connectivity index (χ0) is 13.7. The number of rotatable bonds is 6. The smallest absolute Gasteiger partial charge is 0.0522 e. The van der Waals surface area contributed by atoms with Crippen LogP contribution in [-0.2, 0) is 13.5 Å². The third-order valence-corrected chi connectivity index (χ3v) is 4.12. The summed E-state index contributed by atoms with van der Waals surface area (Å²) in [6.45, 7) is 2.10. The molecule has 5 heteroatoms. The van der Waals surface area contributed by atoms with E-state index in [2.05, 4.69) is 41.7 Å². The number of aryl methyl sites for hydroxylation is 2. The molecule has 0 saturated heterocycles. The van der Waals surface area contributed by atoms with Gasteiger partial charge in [-0.15, -0.1) is 11.8 Å². The molecule has 2 rings (SSSR count). The molecule has 1 atom stereocenters. The monoisotopic (exact) mass is 276 g/mol. The molecule has 4 nitrogen and oxygen atoms in total. The number of benzene rings is 1. The molecule has 0 radical (unpaired) electrons. The molecule has 0 bridgehead atoms. The van der Waals surface area contributed by atoms with Crippen molar-refractivity contribution in [3.63, 3.8) is 0 Å². The van der Waals surface area contributed by atoms with Crippen molar-refractivity contribution in [1.82, 2.24) is 15.2 Å². The van der Waals surface area contributed by atoms with Crippen LogP contribution in [-0.4, -0.2) is 21.6 Å². The molecule has 1 heterocycles. The highest BCUT2D eigenvalue weighted by atomic mass is 32.2. The molecule has 1 aromatic heterocycles. The molecule has 3 N–H and O–H groups in total. The highest BCUT2D eigenvalue weighted by Gasteiger charge is 2.09. The van der Waals surface area contributed by atoms with Gasteiger partial charge >= 0.3 is 0 Å². The molecule has 19 heavy (non-hydrogen) atoms. The average molecular weight is 276 g/mol. The maximum atomic E-state index is 5.63. The van der Waals surface area contributed by atoms with Crippen LogP contribution in [0, 0.1) is 6.92 Å². The van der Waals surface area contributed by atoms with Gasteiger partial charge in [0.25, 0.3) is 0 Å². The normalized spacial score (nSPS) is 12.6. The number of nitrogens with two attached hydrogens (primary N) is 1. The zero-order valence-corrected chi connectivity index (χ0v) is 12.2. The minimum absolute atomic E-state index is 0.246. The molecule has 1 aromatic carbocycles. The lowest BCUT2D eigenvalue weighted by molar-refractivity contribution is 0.575. The molecule has 0 amide bonds. The van der Waals surface area contributed by atoms with E-state index in [-0.39, 0.29) is 6.04 Å². The molecule has 1 unspecified atom stereocenters. The predicted octanol–water partition coefficient (Wildman–Crippen LogP) is 1.90. The van der Waals surface area contributed by atoms with Gasteiger partial charge in [-0.1, -0.05) is 17.7 Å². The number of hydrogen-bond donors (Lipinski definition) is 2. The Morgan fingerprint density at radius 3 is 2.68 bits per heavy atom. The molecule has 0 aliphatic carbocycles. The summed E-state index contributed by atoms with van der Waals surface area (Å²) in [5, 5.41) is 4.17. The van der Waals surface area contributed by atoms with Gasteiger partial charge in [0.2, 0.25) is 0 Å². The van der Waals surface area contributed by atoms with E-state index in [9.17, 15) is 0 Å². The van der Waals surface area contributed by atoms with Crippen LogP contribution in [0.5, 0.6) is 0 Å². The number of aromatic nitrogens is 2. The second-order valence-electron chi connectivity index (χ2n) is 4.71. The third kappa shape index (κ3) is 4.38. The van der Waals surface area contributed by atoms with Crippen LogP contribution in [0.1, 0.15) is 11.1 Å². The Morgan fingerprint density at radius 2 is 2.11 bits per heavy atom. The van der Waals surface area contributed by atoms with E-state index in [1.165, 1.54) is 16.0 Å². The maximum Gasteiger partial charge on any atom is 0.0522 e. The summed E-state index contributed by atoms with van der Waals surface area (Å²) in [5.41, 5.74) is 5.37. The van der Waals surface area contributed by atoms with Crippen LogP contribution in [0.25, 0.3) is 0 Å². The van der Waals surface area contributed by atoms with Gasteiger partial charge in [0, 0.05) is 29.9 Å². The summed E-state index contributed by atoms with van der Waals surface area (Å²) < 4.78 is 1.82. The van der Waals surface area contributed by atoms with E-state index >= 15 is 0 Å². The van der Waals surface area contributed by atoms with Gasteiger partial charge in [-0.05, 0) is 31.0 Å². The lowest BCUT2D eigenvalue weighted by Crippen LogP contribution is -2.38.